The van der Waals surface area contributed by atoms with E-state index in [2.05, 4.69) is 47.2 Å². The van der Waals surface area contributed by atoms with Crippen LogP contribution in [0.3, 0.4) is 0 Å². The molecule has 0 spiro atoms. The molecule has 8 heteroatoms. The third-order valence-electron chi connectivity index (χ3n) is 4.58. The Balaban J connectivity index is 1.70. The average Bonchev–Trinajstić information content (AvgIpc) is 3.17. The van der Waals surface area contributed by atoms with Gasteiger partial charge in [0.2, 0.25) is 0 Å². The van der Waals surface area contributed by atoms with Crippen LogP contribution in [0.4, 0.5) is 0 Å². The summed E-state index contributed by atoms with van der Waals surface area (Å²) >= 11 is 1.61. The normalized spacial score (nSPS) is 10.5. The zero-order valence-electron chi connectivity index (χ0n) is 17.9. The van der Waals surface area contributed by atoms with Gasteiger partial charge in [-0.2, -0.15) is 0 Å². The first-order valence-electron chi connectivity index (χ1n) is 9.76. The summed E-state index contributed by atoms with van der Waals surface area (Å²) in [5.41, 5.74) is 2.89. The number of aryl methyl sites for hydroxylation is 1. The Kier molecular flexibility index (Phi) is 7.72. The fourth-order valence-corrected chi connectivity index (χ4v) is 3.93. The first-order chi connectivity index (χ1) is 15.0. The lowest BCUT2D eigenvalue weighted by atomic mass is 10.2. The Morgan fingerprint density at radius 3 is 2.55 bits per heavy atom. The molecular weight excluding hydrogens is 412 g/mol. The second-order valence-corrected chi connectivity index (χ2v) is 7.80. The van der Waals surface area contributed by atoms with E-state index in [4.69, 9.17) is 9.47 Å². The Morgan fingerprint density at radius 2 is 1.90 bits per heavy atom. The molecule has 0 radical (unpaired) electrons. The van der Waals surface area contributed by atoms with Crippen LogP contribution in [0.1, 0.15) is 27.3 Å². The van der Waals surface area contributed by atoms with Gasteiger partial charge in [-0.1, -0.05) is 47.7 Å². The molecule has 31 heavy (non-hydrogen) atoms. The van der Waals surface area contributed by atoms with Crippen LogP contribution in [0.2, 0.25) is 0 Å². The van der Waals surface area contributed by atoms with Gasteiger partial charge in [0.15, 0.2) is 11.0 Å². The molecule has 0 aliphatic carbocycles. The number of nitrogens with zero attached hydrogens (tertiary/aromatic N) is 3. The number of thioether (sulfide) groups is 1. The van der Waals surface area contributed by atoms with Crippen molar-refractivity contribution >= 4 is 17.7 Å². The summed E-state index contributed by atoms with van der Waals surface area (Å²) in [5, 5.41) is 12.3. The summed E-state index contributed by atoms with van der Waals surface area (Å²) in [6, 6.07) is 13.4. The van der Waals surface area contributed by atoms with E-state index in [9.17, 15) is 4.79 Å². The van der Waals surface area contributed by atoms with E-state index in [0.717, 1.165) is 10.9 Å². The van der Waals surface area contributed by atoms with Crippen LogP contribution in [-0.4, -0.2) is 34.9 Å². The minimum absolute atomic E-state index is 0.240. The molecule has 1 amide bonds. The summed E-state index contributed by atoms with van der Waals surface area (Å²) in [6.07, 6.45) is 1.79. The molecule has 2 aromatic carbocycles. The van der Waals surface area contributed by atoms with Gasteiger partial charge in [0, 0.05) is 23.9 Å². The lowest BCUT2D eigenvalue weighted by Crippen LogP contribution is -2.25. The summed E-state index contributed by atoms with van der Waals surface area (Å²) in [5.74, 6) is 2.30. The van der Waals surface area contributed by atoms with Crippen molar-refractivity contribution in [2.45, 2.75) is 30.9 Å². The standard InChI is InChI=1S/C23H26N4O3S/c1-5-9-27-21(25-26-23(27)31-15-17-8-6-7-16(2)10-17)14-24-22(28)18-11-19(29-3)13-20(12-18)30-4/h5-8,10-13H,1,9,14-15H2,2-4H3,(H,24,28). The van der Waals surface area contributed by atoms with Crippen LogP contribution in [0, 0.1) is 6.92 Å². The smallest absolute Gasteiger partial charge is 0.251 e. The maximum atomic E-state index is 12.7. The highest BCUT2D eigenvalue weighted by Crippen LogP contribution is 2.24. The Morgan fingerprint density at radius 1 is 1.16 bits per heavy atom. The van der Waals surface area contributed by atoms with Gasteiger partial charge in [-0.3, -0.25) is 4.79 Å². The van der Waals surface area contributed by atoms with E-state index >= 15 is 0 Å². The number of hydrogen-bond acceptors (Lipinski definition) is 6. The monoisotopic (exact) mass is 438 g/mol. The first kappa shape index (κ1) is 22.4. The van der Waals surface area contributed by atoms with Crippen LogP contribution in [-0.2, 0) is 18.8 Å². The summed E-state index contributed by atoms with van der Waals surface area (Å²) in [4.78, 5) is 12.7. The Bertz CT molecular complexity index is 1040. The van der Waals surface area contributed by atoms with E-state index < -0.39 is 0 Å². The van der Waals surface area contributed by atoms with Crippen molar-refractivity contribution < 1.29 is 14.3 Å². The number of ether oxygens (including phenoxy) is 2. The van der Waals surface area contributed by atoms with Crippen molar-refractivity contribution in [1.82, 2.24) is 20.1 Å². The largest absolute Gasteiger partial charge is 0.497 e. The fraction of sp³-hybridized carbons (Fsp3) is 0.261. The third-order valence-corrected chi connectivity index (χ3v) is 5.61. The molecule has 7 nitrogen and oxygen atoms in total. The molecule has 1 heterocycles. The maximum Gasteiger partial charge on any atom is 0.251 e. The molecule has 0 atom stereocenters. The van der Waals surface area contributed by atoms with Crippen LogP contribution in [0.15, 0.2) is 60.3 Å². The summed E-state index contributed by atoms with van der Waals surface area (Å²) < 4.78 is 12.4. The van der Waals surface area contributed by atoms with Crippen molar-refractivity contribution in [3.63, 3.8) is 0 Å². The van der Waals surface area contributed by atoms with Gasteiger partial charge < -0.3 is 19.4 Å². The van der Waals surface area contributed by atoms with E-state index in [-0.39, 0.29) is 12.5 Å². The van der Waals surface area contributed by atoms with Crippen LogP contribution in [0.5, 0.6) is 11.5 Å². The Hall–Kier alpha value is -3.26. The third kappa shape index (κ3) is 5.88. The summed E-state index contributed by atoms with van der Waals surface area (Å²) in [6.45, 7) is 6.70. The minimum atomic E-state index is -0.251. The second kappa shape index (κ2) is 10.7. The van der Waals surface area contributed by atoms with Gasteiger partial charge >= 0.3 is 0 Å². The molecule has 0 aliphatic rings. The van der Waals surface area contributed by atoms with Crippen molar-refractivity contribution in [2.75, 3.05) is 14.2 Å². The molecule has 3 rings (SSSR count). The highest BCUT2D eigenvalue weighted by molar-refractivity contribution is 7.98. The molecule has 0 saturated carbocycles. The SMILES string of the molecule is C=CCn1c(CNC(=O)c2cc(OC)cc(OC)c2)nnc1SCc1cccc(C)c1. The molecule has 3 aromatic rings. The minimum Gasteiger partial charge on any atom is -0.497 e. The number of benzene rings is 2. The number of hydrogen-bond donors (Lipinski definition) is 1. The molecular formula is C23H26N4O3S. The molecule has 0 aliphatic heterocycles. The second-order valence-electron chi connectivity index (χ2n) is 6.86. The predicted octanol–water partition coefficient (Wildman–Crippen LogP) is 4.01. The topological polar surface area (TPSA) is 78.3 Å². The molecule has 1 N–H and O–H groups in total. The average molecular weight is 439 g/mol. The molecule has 0 unspecified atom stereocenters. The van der Waals surface area contributed by atoms with E-state index in [1.165, 1.54) is 11.1 Å². The van der Waals surface area contributed by atoms with Crippen LogP contribution in [0.25, 0.3) is 0 Å². The summed E-state index contributed by atoms with van der Waals surface area (Å²) in [7, 11) is 3.09. The van der Waals surface area contributed by atoms with Gasteiger partial charge in [-0.05, 0) is 24.6 Å². The zero-order chi connectivity index (χ0) is 22.2. The highest BCUT2D eigenvalue weighted by atomic mass is 32.2. The van der Waals surface area contributed by atoms with Gasteiger partial charge in [0.1, 0.15) is 11.5 Å². The molecule has 0 fully saturated rings. The number of nitrogens with one attached hydrogen (secondary N) is 1. The van der Waals surface area contributed by atoms with Gasteiger partial charge in [0.25, 0.3) is 5.91 Å². The number of amides is 1. The van der Waals surface area contributed by atoms with Crippen molar-refractivity contribution in [3.05, 3.63) is 77.6 Å². The van der Waals surface area contributed by atoms with Crippen LogP contribution >= 0.6 is 11.8 Å². The fourth-order valence-electron chi connectivity index (χ4n) is 3.02. The molecule has 0 saturated heterocycles. The first-order valence-corrected chi connectivity index (χ1v) is 10.7. The number of rotatable bonds is 10. The maximum absolute atomic E-state index is 12.7. The number of allylic oxidation sites excluding steroid dienone is 1. The molecule has 1 aromatic heterocycles. The van der Waals surface area contributed by atoms with E-state index in [1.807, 2.05) is 10.6 Å². The number of carbonyl (C=O) groups is 1. The zero-order valence-corrected chi connectivity index (χ0v) is 18.7. The van der Waals surface area contributed by atoms with E-state index in [0.29, 0.717) is 29.4 Å². The molecule has 162 valence electrons. The van der Waals surface area contributed by atoms with Gasteiger partial charge in [-0.25, -0.2) is 0 Å². The highest BCUT2D eigenvalue weighted by Gasteiger charge is 2.15. The predicted molar refractivity (Wildman–Crippen MR) is 122 cm³/mol. The van der Waals surface area contributed by atoms with Gasteiger partial charge in [-0.15, -0.1) is 16.8 Å². The number of aromatic nitrogens is 3. The van der Waals surface area contributed by atoms with Crippen LogP contribution < -0.4 is 14.8 Å². The van der Waals surface area contributed by atoms with Crippen molar-refractivity contribution in [1.29, 1.82) is 0 Å². The lowest BCUT2D eigenvalue weighted by molar-refractivity contribution is 0.0948. The number of methoxy groups -OCH3 is 2. The van der Waals surface area contributed by atoms with Gasteiger partial charge in [0.05, 0.1) is 20.8 Å². The van der Waals surface area contributed by atoms with Crippen molar-refractivity contribution in [3.8, 4) is 11.5 Å². The molecule has 0 bridgehead atoms. The quantitative estimate of drug-likeness (QED) is 0.381. The van der Waals surface area contributed by atoms with Crippen molar-refractivity contribution in [2.24, 2.45) is 0 Å². The number of carbonyl (C=O) groups excluding carboxylic acids is 1. The Labute approximate surface area is 186 Å². The van der Waals surface area contributed by atoms with E-state index in [1.54, 1.807) is 50.3 Å². The lowest BCUT2D eigenvalue weighted by Gasteiger charge is -2.10.